The number of aryl methyl sites for hydroxylation is 1. The van der Waals surface area contributed by atoms with Crippen LogP contribution >= 0.6 is 0 Å². The monoisotopic (exact) mass is 471 g/mol. The summed E-state index contributed by atoms with van der Waals surface area (Å²) < 4.78 is 5.43. The molecule has 0 saturated carbocycles. The van der Waals surface area contributed by atoms with Gasteiger partial charge in [-0.05, 0) is 45.7 Å². The van der Waals surface area contributed by atoms with Gasteiger partial charge in [-0.25, -0.2) is 14.4 Å². The summed E-state index contributed by atoms with van der Waals surface area (Å²) in [4.78, 5) is 44.1. The van der Waals surface area contributed by atoms with Crippen molar-refractivity contribution in [2.24, 2.45) is 0 Å². The third-order valence-electron chi connectivity index (χ3n) is 6.33. The number of ether oxygens (including phenoxy) is 1. The van der Waals surface area contributed by atoms with Crippen LogP contribution in [0.5, 0.6) is 0 Å². The zero-order valence-electron chi connectivity index (χ0n) is 21.1. The Morgan fingerprint density at radius 3 is 2.56 bits per heavy atom. The molecule has 1 aromatic carbocycles. The summed E-state index contributed by atoms with van der Waals surface area (Å²) in [5, 5.41) is 5.93. The predicted molar refractivity (Wildman–Crippen MR) is 130 cm³/mol. The van der Waals surface area contributed by atoms with E-state index in [-0.39, 0.29) is 30.8 Å². The van der Waals surface area contributed by atoms with Crippen LogP contribution in [0.15, 0.2) is 35.5 Å². The van der Waals surface area contributed by atoms with Crippen molar-refractivity contribution in [3.05, 3.63) is 46.7 Å². The first kappa shape index (κ1) is 25.6. The second kappa shape index (κ2) is 10.9. The number of likely N-dealkylation sites (N-methyl/N-ethyl adjacent to an activating group) is 1. The molecular weight excluding hydrogens is 434 g/mol. The van der Waals surface area contributed by atoms with Crippen LogP contribution in [0.1, 0.15) is 44.9 Å². The number of urea groups is 2. The minimum atomic E-state index is -0.588. The lowest BCUT2D eigenvalue weighted by Gasteiger charge is -2.42. The Hall–Kier alpha value is -3.07. The van der Waals surface area contributed by atoms with Crippen molar-refractivity contribution in [2.75, 3.05) is 39.8 Å². The molecule has 186 valence electrons. The molecule has 1 fully saturated rings. The summed E-state index contributed by atoms with van der Waals surface area (Å²) in [6.45, 7) is 12.1. The Labute approximate surface area is 202 Å². The van der Waals surface area contributed by atoms with E-state index in [1.165, 1.54) is 4.90 Å². The van der Waals surface area contributed by atoms with E-state index in [0.29, 0.717) is 37.4 Å². The van der Waals surface area contributed by atoms with Crippen LogP contribution in [0.4, 0.5) is 9.59 Å². The summed E-state index contributed by atoms with van der Waals surface area (Å²) in [5.74, 6) is -0.430. The van der Waals surface area contributed by atoms with E-state index in [1.807, 2.05) is 56.9 Å². The summed E-state index contributed by atoms with van der Waals surface area (Å²) in [6, 6.07) is 6.87. The number of nitrogens with one attached hydrogen (secondary N) is 2. The lowest BCUT2D eigenvalue weighted by Crippen LogP contribution is -2.58. The van der Waals surface area contributed by atoms with Gasteiger partial charge in [-0.3, -0.25) is 9.80 Å². The molecule has 2 atom stereocenters. The molecule has 1 saturated heterocycles. The van der Waals surface area contributed by atoms with Crippen molar-refractivity contribution in [3.63, 3.8) is 0 Å². The molecular formula is C25H37N5O4. The van der Waals surface area contributed by atoms with Crippen molar-refractivity contribution in [1.82, 2.24) is 25.3 Å². The number of nitrogens with zero attached hydrogens (tertiary/aromatic N) is 3. The van der Waals surface area contributed by atoms with E-state index in [9.17, 15) is 14.4 Å². The highest BCUT2D eigenvalue weighted by Crippen LogP contribution is 2.33. The molecule has 0 bridgehead atoms. The summed E-state index contributed by atoms with van der Waals surface area (Å²) in [6.07, 6.45) is 0. The van der Waals surface area contributed by atoms with Crippen LogP contribution in [0.3, 0.4) is 0 Å². The molecule has 4 amide bonds. The van der Waals surface area contributed by atoms with Crippen molar-refractivity contribution in [3.8, 4) is 0 Å². The van der Waals surface area contributed by atoms with Gasteiger partial charge in [0.25, 0.3) is 0 Å². The third kappa shape index (κ3) is 5.52. The van der Waals surface area contributed by atoms with E-state index in [4.69, 9.17) is 4.74 Å². The van der Waals surface area contributed by atoms with Crippen LogP contribution in [0, 0.1) is 6.92 Å². The van der Waals surface area contributed by atoms with Gasteiger partial charge in [0.1, 0.15) is 0 Å². The minimum absolute atomic E-state index is 0.00553. The van der Waals surface area contributed by atoms with Gasteiger partial charge in [-0.1, -0.05) is 24.3 Å². The molecule has 2 aliphatic heterocycles. The van der Waals surface area contributed by atoms with Gasteiger partial charge in [0.2, 0.25) is 0 Å². The zero-order valence-corrected chi connectivity index (χ0v) is 21.1. The van der Waals surface area contributed by atoms with Crippen LogP contribution < -0.4 is 10.6 Å². The highest BCUT2D eigenvalue weighted by atomic mass is 16.5. The van der Waals surface area contributed by atoms with Gasteiger partial charge < -0.3 is 20.3 Å². The Bertz CT molecular complexity index is 960. The van der Waals surface area contributed by atoms with Gasteiger partial charge in [0.15, 0.2) is 0 Å². The van der Waals surface area contributed by atoms with Crippen molar-refractivity contribution in [2.45, 2.75) is 52.7 Å². The fourth-order valence-corrected chi connectivity index (χ4v) is 4.56. The topological polar surface area (TPSA) is 94.2 Å². The molecule has 0 aromatic heterocycles. The Morgan fingerprint density at radius 2 is 1.94 bits per heavy atom. The number of hydrogen-bond donors (Lipinski definition) is 2. The van der Waals surface area contributed by atoms with Crippen molar-refractivity contribution < 1.29 is 19.1 Å². The van der Waals surface area contributed by atoms with E-state index < -0.39 is 12.0 Å². The molecule has 34 heavy (non-hydrogen) atoms. The zero-order chi connectivity index (χ0) is 25.0. The normalized spacial score (nSPS) is 21.6. The van der Waals surface area contributed by atoms with Crippen LogP contribution in [-0.2, 0) is 9.53 Å². The average Bonchev–Trinajstić information content (AvgIpc) is 2.76. The van der Waals surface area contributed by atoms with Gasteiger partial charge in [0, 0.05) is 51.0 Å². The molecule has 0 aliphatic carbocycles. The lowest BCUT2D eigenvalue weighted by atomic mass is 9.91. The molecule has 0 spiro atoms. The number of carbonyl (C=O) groups excluding carboxylic acids is 3. The highest BCUT2D eigenvalue weighted by molar-refractivity contribution is 5.95. The predicted octanol–water partition coefficient (Wildman–Crippen LogP) is 2.63. The lowest BCUT2D eigenvalue weighted by molar-refractivity contribution is -0.139. The largest absolute Gasteiger partial charge is 0.463 e. The number of piperazine rings is 1. The fourth-order valence-electron chi connectivity index (χ4n) is 4.56. The maximum atomic E-state index is 13.2. The molecule has 0 unspecified atom stereocenters. The Balaban J connectivity index is 1.91. The number of amides is 4. The van der Waals surface area contributed by atoms with E-state index in [0.717, 1.165) is 11.1 Å². The standard InChI is InChI=1S/C25H37N5O4/c1-7-34-23(31)21-20(15-29-12-13-30(18(5)14-29)25(33)26-16(2)3)28(6)24(32)27-22(21)19-11-9-8-10-17(19)4/h8-11,16,18,22H,7,12-15H2,1-6H3,(H,26,33)(H,27,32)/t18-,22+/m1/s1. The first-order valence-electron chi connectivity index (χ1n) is 11.9. The first-order valence-corrected chi connectivity index (χ1v) is 11.9. The minimum Gasteiger partial charge on any atom is -0.463 e. The van der Waals surface area contributed by atoms with Gasteiger partial charge in [-0.2, -0.15) is 0 Å². The Kier molecular flexibility index (Phi) is 8.19. The van der Waals surface area contributed by atoms with Crippen LogP contribution in [-0.4, -0.2) is 84.6 Å². The van der Waals surface area contributed by atoms with Crippen molar-refractivity contribution in [1.29, 1.82) is 0 Å². The number of esters is 1. The molecule has 2 aliphatic rings. The number of rotatable bonds is 6. The molecule has 9 nitrogen and oxygen atoms in total. The third-order valence-corrected chi connectivity index (χ3v) is 6.33. The SMILES string of the molecule is CCOC(=O)C1=C(CN2CCN(C(=O)NC(C)C)[C@H](C)C2)N(C)C(=O)N[C@H]1c1ccccc1C. The summed E-state index contributed by atoms with van der Waals surface area (Å²) >= 11 is 0. The maximum absolute atomic E-state index is 13.2. The average molecular weight is 472 g/mol. The number of hydrogen-bond acceptors (Lipinski definition) is 5. The smallest absolute Gasteiger partial charge is 0.338 e. The second-order valence-electron chi connectivity index (χ2n) is 9.26. The van der Waals surface area contributed by atoms with Gasteiger partial charge in [0.05, 0.1) is 18.2 Å². The van der Waals surface area contributed by atoms with E-state index in [1.54, 1.807) is 14.0 Å². The van der Waals surface area contributed by atoms with E-state index in [2.05, 4.69) is 15.5 Å². The molecule has 0 radical (unpaired) electrons. The quantitative estimate of drug-likeness (QED) is 0.622. The highest BCUT2D eigenvalue weighted by Gasteiger charge is 2.38. The second-order valence-corrected chi connectivity index (χ2v) is 9.26. The first-order chi connectivity index (χ1) is 16.1. The molecule has 1 aromatic rings. The molecule has 9 heteroatoms. The van der Waals surface area contributed by atoms with E-state index >= 15 is 0 Å². The molecule has 2 heterocycles. The Morgan fingerprint density at radius 1 is 1.24 bits per heavy atom. The van der Waals surface area contributed by atoms with Crippen molar-refractivity contribution >= 4 is 18.0 Å². The summed E-state index contributed by atoms with van der Waals surface area (Å²) in [5.41, 5.74) is 2.93. The molecule has 2 N–H and O–H groups in total. The maximum Gasteiger partial charge on any atom is 0.338 e. The van der Waals surface area contributed by atoms with Gasteiger partial charge in [-0.15, -0.1) is 0 Å². The fraction of sp³-hybridized carbons (Fsp3) is 0.560. The van der Waals surface area contributed by atoms with Crippen LogP contribution in [0.2, 0.25) is 0 Å². The number of benzene rings is 1. The van der Waals surface area contributed by atoms with Crippen LogP contribution in [0.25, 0.3) is 0 Å². The number of carbonyl (C=O) groups is 3. The van der Waals surface area contributed by atoms with Gasteiger partial charge >= 0.3 is 18.0 Å². The summed E-state index contributed by atoms with van der Waals surface area (Å²) in [7, 11) is 1.67. The molecule has 3 rings (SSSR count).